The molecule has 0 aliphatic heterocycles. The zero-order valence-corrected chi connectivity index (χ0v) is 8.67. The number of aliphatic hydroxyl groups is 2. The standard InChI is InChI=1S/C10H14N2O4/c13-6-1-2-7(8(14)5-6)12-4-3-9(15)11-10(12)16/h3-4,6-8,13-14H,1-2,5H2,(H,11,15,16)/t6-,7-,8?/m0/s1. The molecule has 1 aromatic rings. The van der Waals surface area contributed by atoms with Crippen LogP contribution in [-0.4, -0.2) is 32.0 Å². The lowest BCUT2D eigenvalue weighted by Gasteiger charge is -2.31. The van der Waals surface area contributed by atoms with E-state index in [1.807, 2.05) is 0 Å². The molecule has 0 amide bonds. The van der Waals surface area contributed by atoms with E-state index in [-0.39, 0.29) is 12.5 Å². The van der Waals surface area contributed by atoms with Gasteiger partial charge in [-0.05, 0) is 12.8 Å². The Morgan fingerprint density at radius 3 is 2.69 bits per heavy atom. The molecule has 6 heteroatoms. The molecule has 1 aliphatic carbocycles. The average Bonchev–Trinajstić information content (AvgIpc) is 2.19. The van der Waals surface area contributed by atoms with Crippen molar-refractivity contribution in [1.29, 1.82) is 0 Å². The molecule has 3 atom stereocenters. The largest absolute Gasteiger partial charge is 0.393 e. The highest BCUT2D eigenvalue weighted by molar-refractivity contribution is 4.91. The van der Waals surface area contributed by atoms with E-state index in [4.69, 9.17) is 0 Å². The van der Waals surface area contributed by atoms with Crippen LogP contribution in [0.2, 0.25) is 0 Å². The van der Waals surface area contributed by atoms with Gasteiger partial charge in [-0.2, -0.15) is 0 Å². The molecule has 1 heterocycles. The van der Waals surface area contributed by atoms with Gasteiger partial charge >= 0.3 is 5.69 Å². The van der Waals surface area contributed by atoms with Gasteiger partial charge in [-0.1, -0.05) is 0 Å². The van der Waals surface area contributed by atoms with Crippen molar-refractivity contribution in [3.63, 3.8) is 0 Å². The van der Waals surface area contributed by atoms with Crippen LogP contribution >= 0.6 is 0 Å². The fourth-order valence-electron chi connectivity index (χ4n) is 2.12. The van der Waals surface area contributed by atoms with Gasteiger partial charge in [0.25, 0.3) is 5.56 Å². The van der Waals surface area contributed by atoms with E-state index < -0.39 is 23.5 Å². The quantitative estimate of drug-likeness (QED) is 0.571. The third kappa shape index (κ3) is 2.07. The normalized spacial score (nSPS) is 30.2. The molecule has 3 N–H and O–H groups in total. The maximum Gasteiger partial charge on any atom is 0.328 e. The fourth-order valence-corrected chi connectivity index (χ4v) is 2.12. The minimum atomic E-state index is -0.757. The van der Waals surface area contributed by atoms with E-state index in [0.29, 0.717) is 12.8 Å². The van der Waals surface area contributed by atoms with E-state index in [0.717, 1.165) is 0 Å². The lowest BCUT2D eigenvalue weighted by atomic mass is 9.90. The number of aliphatic hydroxyl groups excluding tert-OH is 2. The van der Waals surface area contributed by atoms with Crippen LogP contribution in [0.4, 0.5) is 0 Å². The molecule has 2 rings (SSSR count). The summed E-state index contributed by atoms with van der Waals surface area (Å²) in [5.74, 6) is 0. The van der Waals surface area contributed by atoms with Crippen LogP contribution in [0.1, 0.15) is 25.3 Å². The van der Waals surface area contributed by atoms with Crippen LogP contribution in [0.5, 0.6) is 0 Å². The zero-order valence-electron chi connectivity index (χ0n) is 8.67. The molecule has 0 spiro atoms. The Hall–Kier alpha value is -1.40. The fraction of sp³-hybridized carbons (Fsp3) is 0.600. The van der Waals surface area contributed by atoms with Crippen molar-refractivity contribution < 1.29 is 10.2 Å². The summed E-state index contributed by atoms with van der Waals surface area (Å²) < 4.78 is 1.32. The molecule has 1 fully saturated rings. The predicted octanol–water partition coefficient (Wildman–Crippen LogP) is -1.02. The number of rotatable bonds is 1. The molecule has 6 nitrogen and oxygen atoms in total. The molecule has 1 unspecified atom stereocenters. The Bertz CT molecular complexity index is 478. The molecule has 1 aromatic heterocycles. The van der Waals surface area contributed by atoms with Crippen molar-refractivity contribution in [3.8, 4) is 0 Å². The van der Waals surface area contributed by atoms with Crippen LogP contribution in [-0.2, 0) is 0 Å². The Labute approximate surface area is 91.2 Å². The maximum atomic E-state index is 11.5. The molecule has 0 saturated heterocycles. The molecule has 88 valence electrons. The van der Waals surface area contributed by atoms with Gasteiger partial charge in [-0.15, -0.1) is 0 Å². The highest BCUT2D eigenvalue weighted by Crippen LogP contribution is 2.27. The van der Waals surface area contributed by atoms with Gasteiger partial charge in [0.15, 0.2) is 0 Å². The van der Waals surface area contributed by atoms with E-state index in [1.54, 1.807) is 0 Å². The molecule has 0 radical (unpaired) electrons. The lowest BCUT2D eigenvalue weighted by Crippen LogP contribution is -2.40. The minimum absolute atomic E-state index is 0.260. The van der Waals surface area contributed by atoms with Crippen molar-refractivity contribution in [2.24, 2.45) is 0 Å². The number of aromatic amines is 1. The molecule has 0 aromatic carbocycles. The monoisotopic (exact) mass is 226 g/mol. The van der Waals surface area contributed by atoms with Crippen LogP contribution in [0.15, 0.2) is 21.9 Å². The zero-order chi connectivity index (χ0) is 11.7. The summed E-state index contributed by atoms with van der Waals surface area (Å²) in [5, 5.41) is 19.1. The molecular formula is C10H14N2O4. The number of H-pyrrole nitrogens is 1. The van der Waals surface area contributed by atoms with Crippen molar-refractivity contribution >= 4 is 0 Å². The van der Waals surface area contributed by atoms with Gasteiger partial charge in [-0.25, -0.2) is 4.79 Å². The highest BCUT2D eigenvalue weighted by atomic mass is 16.3. The van der Waals surface area contributed by atoms with Gasteiger partial charge in [0.05, 0.1) is 18.2 Å². The first-order chi connectivity index (χ1) is 7.58. The summed E-state index contributed by atoms with van der Waals surface area (Å²) in [6.45, 7) is 0. The topological polar surface area (TPSA) is 95.3 Å². The summed E-state index contributed by atoms with van der Waals surface area (Å²) in [6, 6.07) is 0.881. The maximum absolute atomic E-state index is 11.5. The summed E-state index contributed by atoms with van der Waals surface area (Å²) in [7, 11) is 0. The van der Waals surface area contributed by atoms with Crippen LogP contribution < -0.4 is 11.2 Å². The predicted molar refractivity (Wildman–Crippen MR) is 56.2 cm³/mol. The molecule has 16 heavy (non-hydrogen) atoms. The van der Waals surface area contributed by atoms with E-state index in [9.17, 15) is 19.8 Å². The van der Waals surface area contributed by atoms with Gasteiger partial charge < -0.3 is 10.2 Å². The average molecular weight is 226 g/mol. The number of hydrogen-bond donors (Lipinski definition) is 3. The van der Waals surface area contributed by atoms with Crippen LogP contribution in [0.25, 0.3) is 0 Å². The SMILES string of the molecule is O=c1ccn([C@H]2CC[C@H](O)CC2O)c(=O)[nH]1. The minimum Gasteiger partial charge on any atom is -0.393 e. The van der Waals surface area contributed by atoms with Gasteiger partial charge in [-0.3, -0.25) is 14.3 Å². The van der Waals surface area contributed by atoms with Crippen LogP contribution in [0.3, 0.4) is 0 Å². The smallest absolute Gasteiger partial charge is 0.328 e. The number of hydrogen-bond acceptors (Lipinski definition) is 4. The lowest BCUT2D eigenvalue weighted by molar-refractivity contribution is 0.00458. The summed E-state index contributed by atoms with van der Waals surface area (Å²) >= 11 is 0. The Kier molecular flexibility index (Phi) is 2.93. The van der Waals surface area contributed by atoms with Gasteiger partial charge in [0.1, 0.15) is 0 Å². The van der Waals surface area contributed by atoms with Crippen LogP contribution in [0, 0.1) is 0 Å². The second-order valence-electron chi connectivity index (χ2n) is 4.12. The number of nitrogens with one attached hydrogen (secondary N) is 1. The van der Waals surface area contributed by atoms with Gasteiger partial charge in [0.2, 0.25) is 0 Å². The second-order valence-corrected chi connectivity index (χ2v) is 4.12. The van der Waals surface area contributed by atoms with Crippen molar-refractivity contribution in [2.45, 2.75) is 37.5 Å². The van der Waals surface area contributed by atoms with Gasteiger partial charge in [0, 0.05) is 18.7 Å². The Morgan fingerprint density at radius 2 is 2.06 bits per heavy atom. The van der Waals surface area contributed by atoms with E-state index in [2.05, 4.69) is 4.98 Å². The number of aromatic nitrogens is 2. The summed E-state index contributed by atoms with van der Waals surface area (Å²) in [5.41, 5.74) is -0.973. The van der Waals surface area contributed by atoms with E-state index >= 15 is 0 Å². The molecular weight excluding hydrogens is 212 g/mol. The van der Waals surface area contributed by atoms with Crippen molar-refractivity contribution in [2.75, 3.05) is 0 Å². The summed E-state index contributed by atoms with van der Waals surface area (Å²) in [4.78, 5) is 24.5. The van der Waals surface area contributed by atoms with Crippen molar-refractivity contribution in [1.82, 2.24) is 9.55 Å². The first kappa shape index (κ1) is 11.1. The van der Waals surface area contributed by atoms with E-state index in [1.165, 1.54) is 16.8 Å². The molecule has 0 bridgehead atoms. The second kappa shape index (κ2) is 4.23. The Balaban J connectivity index is 2.30. The van der Waals surface area contributed by atoms with Crippen molar-refractivity contribution in [3.05, 3.63) is 33.1 Å². The summed E-state index contributed by atoms with van der Waals surface area (Å²) in [6.07, 6.45) is 1.45. The highest BCUT2D eigenvalue weighted by Gasteiger charge is 2.29. The Morgan fingerprint density at radius 1 is 1.31 bits per heavy atom. The first-order valence-electron chi connectivity index (χ1n) is 5.25. The molecule has 1 saturated carbocycles. The number of nitrogens with zero attached hydrogens (tertiary/aromatic N) is 1. The molecule has 1 aliphatic rings. The third-order valence-electron chi connectivity index (χ3n) is 2.96. The third-order valence-corrected chi connectivity index (χ3v) is 2.96. The first-order valence-corrected chi connectivity index (χ1v) is 5.25.